The molecule has 0 aliphatic carbocycles. The first-order valence-corrected chi connectivity index (χ1v) is 7.77. The minimum atomic E-state index is -3.50. The van der Waals surface area contributed by atoms with Gasteiger partial charge in [-0.15, -0.1) is 0 Å². The number of sulfonamides is 1. The number of benzene rings is 2. The van der Waals surface area contributed by atoms with Crippen LogP contribution in [0.15, 0.2) is 59.5 Å². The van der Waals surface area contributed by atoms with Gasteiger partial charge in [0.2, 0.25) is 0 Å². The van der Waals surface area contributed by atoms with Crippen molar-refractivity contribution in [3.8, 4) is 0 Å². The van der Waals surface area contributed by atoms with Gasteiger partial charge in [0.05, 0.1) is 10.6 Å². The van der Waals surface area contributed by atoms with E-state index in [2.05, 4.69) is 11.6 Å². The van der Waals surface area contributed by atoms with Crippen LogP contribution in [0.4, 0.5) is 5.69 Å². The van der Waals surface area contributed by atoms with E-state index in [0.717, 1.165) is 18.4 Å². The van der Waals surface area contributed by atoms with Crippen molar-refractivity contribution in [3.05, 3.63) is 60.2 Å². The first-order valence-electron chi connectivity index (χ1n) is 6.29. The van der Waals surface area contributed by atoms with Gasteiger partial charge in [-0.2, -0.15) is 0 Å². The lowest BCUT2D eigenvalue weighted by Crippen LogP contribution is -2.14. The van der Waals surface area contributed by atoms with Crippen molar-refractivity contribution in [2.75, 3.05) is 4.72 Å². The standard InChI is InChI=1S/C15H17NO2S/c1-2-8-13-9-6-7-12-15(13)16-19(17,18)14-10-4-3-5-11-14/h3-7,9-12,16H,2,8H2,1H3. The third-order valence-electron chi connectivity index (χ3n) is 2.83. The van der Waals surface area contributed by atoms with Gasteiger partial charge in [0, 0.05) is 0 Å². The van der Waals surface area contributed by atoms with Crippen molar-refractivity contribution in [2.24, 2.45) is 0 Å². The maximum absolute atomic E-state index is 12.2. The fraction of sp³-hybridized carbons (Fsp3) is 0.200. The Morgan fingerprint density at radius 1 is 0.947 bits per heavy atom. The summed E-state index contributed by atoms with van der Waals surface area (Å²) in [7, 11) is -3.50. The molecule has 0 saturated carbocycles. The summed E-state index contributed by atoms with van der Waals surface area (Å²) < 4.78 is 27.2. The van der Waals surface area contributed by atoms with Crippen LogP contribution in [0.3, 0.4) is 0 Å². The Labute approximate surface area is 114 Å². The van der Waals surface area contributed by atoms with Crippen LogP contribution in [0.1, 0.15) is 18.9 Å². The summed E-state index contributed by atoms with van der Waals surface area (Å²) in [6, 6.07) is 15.9. The van der Waals surface area contributed by atoms with Gasteiger partial charge in [-0.25, -0.2) is 8.42 Å². The fourth-order valence-corrected chi connectivity index (χ4v) is 3.03. The second-order valence-corrected chi connectivity index (χ2v) is 6.01. The number of anilines is 1. The number of hydrogen-bond acceptors (Lipinski definition) is 2. The maximum Gasteiger partial charge on any atom is 0.261 e. The molecule has 0 spiro atoms. The third kappa shape index (κ3) is 3.35. The minimum absolute atomic E-state index is 0.279. The lowest BCUT2D eigenvalue weighted by Gasteiger charge is -2.12. The molecule has 0 unspecified atom stereocenters. The molecule has 0 aliphatic rings. The third-order valence-corrected chi connectivity index (χ3v) is 4.22. The Bertz CT molecular complexity index is 636. The highest BCUT2D eigenvalue weighted by molar-refractivity contribution is 7.92. The summed E-state index contributed by atoms with van der Waals surface area (Å²) >= 11 is 0. The average Bonchev–Trinajstić information content (AvgIpc) is 2.42. The van der Waals surface area contributed by atoms with Gasteiger partial charge >= 0.3 is 0 Å². The molecule has 1 N–H and O–H groups in total. The van der Waals surface area contributed by atoms with E-state index in [4.69, 9.17) is 0 Å². The molecule has 100 valence electrons. The molecule has 0 fully saturated rings. The molecule has 19 heavy (non-hydrogen) atoms. The zero-order chi connectivity index (χ0) is 13.7. The molecular formula is C15H17NO2S. The minimum Gasteiger partial charge on any atom is -0.279 e. The molecule has 4 heteroatoms. The zero-order valence-corrected chi connectivity index (χ0v) is 11.7. The summed E-state index contributed by atoms with van der Waals surface area (Å²) in [4.78, 5) is 0.279. The summed E-state index contributed by atoms with van der Waals surface area (Å²) in [5.41, 5.74) is 1.68. The number of para-hydroxylation sites is 1. The molecule has 3 nitrogen and oxygen atoms in total. The normalized spacial score (nSPS) is 11.2. The average molecular weight is 275 g/mol. The van der Waals surface area contributed by atoms with E-state index >= 15 is 0 Å². The predicted molar refractivity (Wildman–Crippen MR) is 77.7 cm³/mol. The smallest absolute Gasteiger partial charge is 0.261 e. The van der Waals surface area contributed by atoms with E-state index in [-0.39, 0.29) is 4.90 Å². The van der Waals surface area contributed by atoms with Crippen molar-refractivity contribution in [1.82, 2.24) is 0 Å². The van der Waals surface area contributed by atoms with Gasteiger partial charge in [0.25, 0.3) is 10.0 Å². The predicted octanol–water partition coefficient (Wildman–Crippen LogP) is 3.44. The van der Waals surface area contributed by atoms with E-state index in [1.165, 1.54) is 0 Å². The number of nitrogens with one attached hydrogen (secondary N) is 1. The van der Waals surface area contributed by atoms with E-state index in [1.54, 1.807) is 36.4 Å². The molecule has 0 amide bonds. The quantitative estimate of drug-likeness (QED) is 0.908. The number of rotatable bonds is 5. The van der Waals surface area contributed by atoms with E-state index in [9.17, 15) is 8.42 Å². The van der Waals surface area contributed by atoms with Gasteiger partial charge in [0.15, 0.2) is 0 Å². The molecule has 2 aromatic carbocycles. The van der Waals surface area contributed by atoms with Gasteiger partial charge in [-0.1, -0.05) is 49.7 Å². The fourth-order valence-electron chi connectivity index (χ4n) is 1.91. The van der Waals surface area contributed by atoms with Crippen LogP contribution in [0, 0.1) is 0 Å². The Hall–Kier alpha value is -1.81. The first-order chi connectivity index (χ1) is 9.13. The highest BCUT2D eigenvalue weighted by atomic mass is 32.2. The summed E-state index contributed by atoms with van der Waals surface area (Å²) in [5, 5.41) is 0. The topological polar surface area (TPSA) is 46.2 Å². The lowest BCUT2D eigenvalue weighted by molar-refractivity contribution is 0.601. The molecule has 0 heterocycles. The highest BCUT2D eigenvalue weighted by Gasteiger charge is 2.14. The number of hydrogen-bond donors (Lipinski definition) is 1. The molecule has 2 aromatic rings. The van der Waals surface area contributed by atoms with Gasteiger partial charge < -0.3 is 0 Å². The van der Waals surface area contributed by atoms with Gasteiger partial charge in [-0.05, 0) is 30.2 Å². The van der Waals surface area contributed by atoms with Gasteiger partial charge in [-0.3, -0.25) is 4.72 Å². The highest BCUT2D eigenvalue weighted by Crippen LogP contribution is 2.21. The van der Waals surface area contributed by atoms with E-state index in [1.807, 2.05) is 18.2 Å². The first kappa shape index (κ1) is 13.6. The lowest BCUT2D eigenvalue weighted by atomic mass is 10.1. The van der Waals surface area contributed by atoms with Crippen molar-refractivity contribution in [3.63, 3.8) is 0 Å². The SMILES string of the molecule is CCCc1ccccc1NS(=O)(=O)c1ccccc1. The number of aryl methyl sites for hydroxylation is 1. The molecule has 0 radical (unpaired) electrons. The monoisotopic (exact) mass is 275 g/mol. The Balaban J connectivity index is 2.31. The second-order valence-electron chi connectivity index (χ2n) is 4.33. The summed E-state index contributed by atoms with van der Waals surface area (Å²) in [6.07, 6.45) is 1.83. The zero-order valence-electron chi connectivity index (χ0n) is 10.8. The van der Waals surface area contributed by atoms with Crippen molar-refractivity contribution < 1.29 is 8.42 Å². The van der Waals surface area contributed by atoms with Gasteiger partial charge in [0.1, 0.15) is 0 Å². The maximum atomic E-state index is 12.2. The molecule has 0 saturated heterocycles. The van der Waals surface area contributed by atoms with Crippen LogP contribution < -0.4 is 4.72 Å². The van der Waals surface area contributed by atoms with Crippen LogP contribution in [0.5, 0.6) is 0 Å². The summed E-state index contributed by atoms with van der Waals surface area (Å²) in [5.74, 6) is 0. The molecule has 0 atom stereocenters. The molecular weight excluding hydrogens is 258 g/mol. The van der Waals surface area contributed by atoms with Crippen LogP contribution in [-0.4, -0.2) is 8.42 Å². The Kier molecular flexibility index (Phi) is 4.22. The summed E-state index contributed by atoms with van der Waals surface area (Å²) in [6.45, 7) is 2.07. The Morgan fingerprint density at radius 3 is 2.26 bits per heavy atom. The molecule has 0 bridgehead atoms. The molecule has 2 rings (SSSR count). The van der Waals surface area contributed by atoms with Crippen molar-refractivity contribution >= 4 is 15.7 Å². The molecule has 0 aliphatic heterocycles. The molecule has 0 aromatic heterocycles. The van der Waals surface area contributed by atoms with Crippen molar-refractivity contribution in [1.29, 1.82) is 0 Å². The van der Waals surface area contributed by atoms with E-state index < -0.39 is 10.0 Å². The van der Waals surface area contributed by atoms with Crippen LogP contribution in [-0.2, 0) is 16.4 Å². The van der Waals surface area contributed by atoms with Crippen molar-refractivity contribution in [2.45, 2.75) is 24.7 Å². The largest absolute Gasteiger partial charge is 0.279 e. The van der Waals surface area contributed by atoms with E-state index in [0.29, 0.717) is 5.69 Å². The van der Waals surface area contributed by atoms with Crippen LogP contribution in [0.25, 0.3) is 0 Å². The van der Waals surface area contributed by atoms with Crippen LogP contribution in [0.2, 0.25) is 0 Å². The Morgan fingerprint density at radius 2 is 1.58 bits per heavy atom. The second kappa shape index (κ2) is 5.89. The van der Waals surface area contributed by atoms with Crippen LogP contribution >= 0.6 is 0 Å².